The van der Waals surface area contributed by atoms with Gasteiger partial charge < -0.3 is 4.74 Å². The van der Waals surface area contributed by atoms with Crippen LogP contribution in [-0.2, 0) is 6.61 Å². The molecule has 1 N–H and O–H groups in total. The number of halogens is 1. The Labute approximate surface area is 181 Å². The van der Waals surface area contributed by atoms with Gasteiger partial charge in [-0.05, 0) is 42.0 Å². The molecule has 0 atom stereocenters. The van der Waals surface area contributed by atoms with E-state index >= 15 is 0 Å². The van der Waals surface area contributed by atoms with Crippen LogP contribution in [0.15, 0.2) is 88.6 Å². The number of nitrogens with one attached hydrogen (secondary N) is 1. The summed E-state index contributed by atoms with van der Waals surface area (Å²) in [6, 6.07) is 22.8. The lowest BCUT2D eigenvalue weighted by molar-refractivity contribution is 0.0950. The number of hydrogen-bond donors (Lipinski definition) is 1. The van der Waals surface area contributed by atoms with Gasteiger partial charge in [-0.25, -0.2) is 10.4 Å². The van der Waals surface area contributed by atoms with Crippen molar-refractivity contribution in [1.29, 1.82) is 0 Å². The van der Waals surface area contributed by atoms with Crippen molar-refractivity contribution < 1.29 is 9.53 Å². The Balaban J connectivity index is 1.42. The first-order valence-electron chi connectivity index (χ1n) is 9.20. The average molecular weight is 461 g/mol. The van der Waals surface area contributed by atoms with Crippen molar-refractivity contribution in [3.05, 3.63) is 100 Å². The maximum absolute atomic E-state index is 12.3. The maximum atomic E-state index is 12.3. The summed E-state index contributed by atoms with van der Waals surface area (Å²) in [5.74, 6) is 0.238. The van der Waals surface area contributed by atoms with Crippen LogP contribution in [-0.4, -0.2) is 22.1 Å². The molecule has 0 spiro atoms. The Bertz CT molecular complexity index is 1210. The van der Waals surface area contributed by atoms with Crippen LogP contribution in [0.4, 0.5) is 0 Å². The minimum atomic E-state index is -0.433. The number of nitrogens with zero attached hydrogens (tertiary/aromatic N) is 3. The molecule has 0 aliphatic heterocycles. The van der Waals surface area contributed by atoms with E-state index in [9.17, 15) is 4.79 Å². The highest BCUT2D eigenvalue weighted by atomic mass is 79.9. The van der Waals surface area contributed by atoms with E-state index in [1.165, 1.54) is 6.20 Å². The van der Waals surface area contributed by atoms with Gasteiger partial charge in [0.25, 0.3) is 5.91 Å². The zero-order valence-corrected chi connectivity index (χ0v) is 17.4. The quantitative estimate of drug-likeness (QED) is 0.333. The fourth-order valence-corrected chi connectivity index (χ4v) is 3.01. The second-order valence-electron chi connectivity index (χ2n) is 6.40. The molecule has 0 aliphatic rings. The second kappa shape index (κ2) is 9.28. The molecule has 3 aromatic carbocycles. The number of benzene rings is 3. The Hall–Kier alpha value is -3.58. The molecular formula is C23H17BrN4O2. The van der Waals surface area contributed by atoms with Crippen molar-refractivity contribution in [3.63, 3.8) is 0 Å². The predicted molar refractivity (Wildman–Crippen MR) is 120 cm³/mol. The Morgan fingerprint density at radius 3 is 2.57 bits per heavy atom. The van der Waals surface area contributed by atoms with Crippen LogP contribution >= 0.6 is 15.9 Å². The molecule has 148 valence electrons. The molecular weight excluding hydrogens is 444 g/mol. The van der Waals surface area contributed by atoms with E-state index < -0.39 is 5.91 Å². The van der Waals surface area contributed by atoms with E-state index in [2.05, 4.69) is 36.4 Å². The van der Waals surface area contributed by atoms with Gasteiger partial charge in [0.05, 0.1) is 23.4 Å². The van der Waals surface area contributed by atoms with Gasteiger partial charge in [-0.3, -0.25) is 9.78 Å². The van der Waals surface area contributed by atoms with Crippen LogP contribution in [0.5, 0.6) is 5.75 Å². The molecule has 4 aromatic rings. The van der Waals surface area contributed by atoms with Gasteiger partial charge in [0.15, 0.2) is 0 Å². The largest absolute Gasteiger partial charge is 0.488 e. The van der Waals surface area contributed by atoms with Crippen LogP contribution < -0.4 is 10.2 Å². The Morgan fingerprint density at radius 1 is 1.00 bits per heavy atom. The van der Waals surface area contributed by atoms with Gasteiger partial charge in [-0.2, -0.15) is 5.10 Å². The molecule has 1 heterocycles. The number of carbonyl (C=O) groups excluding carboxylic acids is 1. The maximum Gasteiger partial charge on any atom is 0.291 e. The third kappa shape index (κ3) is 4.87. The Kier molecular flexibility index (Phi) is 6.10. The molecule has 1 aromatic heterocycles. The molecule has 0 unspecified atom stereocenters. The van der Waals surface area contributed by atoms with Gasteiger partial charge in [0.2, 0.25) is 0 Å². The van der Waals surface area contributed by atoms with Crippen molar-refractivity contribution in [2.24, 2.45) is 5.10 Å². The molecule has 4 rings (SSSR count). The SMILES string of the molecule is O=C(NN=Cc1ccccc1OCc1ccc(Br)cc1)c1cnc2ccccc2n1. The van der Waals surface area contributed by atoms with Gasteiger partial charge in [0.1, 0.15) is 18.1 Å². The number of hydrogen-bond acceptors (Lipinski definition) is 5. The van der Waals surface area contributed by atoms with Gasteiger partial charge in [0, 0.05) is 10.0 Å². The molecule has 1 amide bonds. The van der Waals surface area contributed by atoms with Crippen LogP contribution in [0, 0.1) is 0 Å². The number of amides is 1. The van der Waals surface area contributed by atoms with E-state index in [0.29, 0.717) is 17.9 Å². The summed E-state index contributed by atoms with van der Waals surface area (Å²) in [5.41, 5.74) is 5.87. The predicted octanol–water partition coefficient (Wildman–Crippen LogP) is 4.74. The topological polar surface area (TPSA) is 76.5 Å². The van der Waals surface area contributed by atoms with Crippen LogP contribution in [0.1, 0.15) is 21.6 Å². The zero-order valence-electron chi connectivity index (χ0n) is 15.8. The normalized spacial score (nSPS) is 11.0. The highest BCUT2D eigenvalue weighted by Crippen LogP contribution is 2.18. The number of para-hydroxylation sites is 3. The van der Waals surface area contributed by atoms with Crippen molar-refractivity contribution in [2.45, 2.75) is 6.61 Å². The molecule has 0 radical (unpaired) electrons. The van der Waals surface area contributed by atoms with Crippen molar-refractivity contribution in [2.75, 3.05) is 0 Å². The molecule has 0 bridgehead atoms. The summed E-state index contributed by atoms with van der Waals surface area (Å²) in [6.45, 7) is 0.428. The number of hydrazone groups is 1. The third-order valence-electron chi connectivity index (χ3n) is 4.28. The Morgan fingerprint density at radius 2 is 1.73 bits per heavy atom. The summed E-state index contributed by atoms with van der Waals surface area (Å²) in [7, 11) is 0. The zero-order chi connectivity index (χ0) is 20.8. The number of fused-ring (bicyclic) bond motifs is 1. The van der Waals surface area contributed by atoms with Crippen LogP contribution in [0.25, 0.3) is 11.0 Å². The van der Waals surface area contributed by atoms with Crippen molar-refractivity contribution >= 4 is 39.1 Å². The smallest absolute Gasteiger partial charge is 0.291 e. The highest BCUT2D eigenvalue weighted by molar-refractivity contribution is 9.10. The van der Waals surface area contributed by atoms with E-state index in [0.717, 1.165) is 21.1 Å². The highest BCUT2D eigenvalue weighted by Gasteiger charge is 2.08. The fraction of sp³-hybridized carbons (Fsp3) is 0.0435. The minimum absolute atomic E-state index is 0.200. The first kappa shape index (κ1) is 19.7. The molecule has 0 fully saturated rings. The second-order valence-corrected chi connectivity index (χ2v) is 7.31. The molecule has 0 saturated carbocycles. The molecule has 30 heavy (non-hydrogen) atoms. The lowest BCUT2D eigenvalue weighted by Gasteiger charge is -2.09. The first-order chi connectivity index (χ1) is 14.7. The van der Waals surface area contributed by atoms with Gasteiger partial charge in [-0.1, -0.05) is 52.3 Å². The van der Waals surface area contributed by atoms with E-state index in [-0.39, 0.29) is 5.69 Å². The van der Waals surface area contributed by atoms with E-state index in [1.807, 2.05) is 66.7 Å². The molecule has 0 saturated heterocycles. The summed E-state index contributed by atoms with van der Waals surface area (Å²) in [4.78, 5) is 20.9. The number of rotatable bonds is 6. The van der Waals surface area contributed by atoms with E-state index in [4.69, 9.17) is 4.74 Å². The lowest BCUT2D eigenvalue weighted by atomic mass is 10.2. The lowest BCUT2D eigenvalue weighted by Crippen LogP contribution is -2.19. The summed E-state index contributed by atoms with van der Waals surface area (Å²) < 4.78 is 6.93. The first-order valence-corrected chi connectivity index (χ1v) is 10.00. The standard InChI is InChI=1S/C23H17BrN4O2/c24-18-11-9-16(10-12-18)15-30-22-8-4-1-5-17(22)13-26-28-23(29)21-14-25-19-6-2-3-7-20(19)27-21/h1-14H,15H2,(H,28,29). The third-order valence-corrected chi connectivity index (χ3v) is 4.81. The average Bonchev–Trinajstić information content (AvgIpc) is 2.79. The summed E-state index contributed by atoms with van der Waals surface area (Å²) >= 11 is 3.42. The molecule has 6 nitrogen and oxygen atoms in total. The van der Waals surface area contributed by atoms with Crippen LogP contribution in [0.3, 0.4) is 0 Å². The number of carbonyl (C=O) groups is 1. The van der Waals surface area contributed by atoms with Gasteiger partial charge >= 0.3 is 0 Å². The van der Waals surface area contributed by atoms with E-state index in [1.54, 1.807) is 12.3 Å². The van der Waals surface area contributed by atoms with Gasteiger partial charge in [-0.15, -0.1) is 0 Å². The number of ether oxygens (including phenoxy) is 1. The number of aromatic nitrogens is 2. The van der Waals surface area contributed by atoms with Crippen molar-refractivity contribution in [1.82, 2.24) is 15.4 Å². The fourth-order valence-electron chi connectivity index (χ4n) is 2.74. The minimum Gasteiger partial charge on any atom is -0.488 e. The molecule has 7 heteroatoms. The van der Waals surface area contributed by atoms with Crippen LogP contribution in [0.2, 0.25) is 0 Å². The molecule has 0 aliphatic carbocycles. The summed E-state index contributed by atoms with van der Waals surface area (Å²) in [6.07, 6.45) is 2.98. The summed E-state index contributed by atoms with van der Waals surface area (Å²) in [5, 5.41) is 4.05. The van der Waals surface area contributed by atoms with Crippen molar-refractivity contribution in [3.8, 4) is 5.75 Å². The monoisotopic (exact) mass is 460 g/mol.